The number of anilines is 1. The summed E-state index contributed by atoms with van der Waals surface area (Å²) in [6.07, 6.45) is 8.96. The Kier molecular flexibility index (Phi) is 3.40. The van der Waals surface area contributed by atoms with E-state index >= 15 is 0 Å². The fourth-order valence-electron chi connectivity index (χ4n) is 0.955. The average Bonchev–Trinajstić information content (AvgIpc) is 2.21. The second-order valence-corrected chi connectivity index (χ2v) is 2.33. The van der Waals surface area contributed by atoms with Crippen molar-refractivity contribution in [1.29, 1.82) is 0 Å². The SMILES string of the molecule is C1=CN(c2ncccn2)CN=C1.Cl. The molecule has 5 heteroatoms. The summed E-state index contributed by atoms with van der Waals surface area (Å²) in [7, 11) is 0. The van der Waals surface area contributed by atoms with Crippen molar-refractivity contribution in [2.24, 2.45) is 4.99 Å². The Labute approximate surface area is 82.4 Å². The van der Waals surface area contributed by atoms with Gasteiger partial charge in [0.25, 0.3) is 0 Å². The van der Waals surface area contributed by atoms with Crippen LogP contribution in [0.5, 0.6) is 0 Å². The number of halogens is 1. The van der Waals surface area contributed by atoms with Crippen LogP contribution >= 0.6 is 12.4 Å². The van der Waals surface area contributed by atoms with Crippen LogP contribution in [0.3, 0.4) is 0 Å². The summed E-state index contributed by atoms with van der Waals surface area (Å²) in [6, 6.07) is 1.79. The molecule has 2 rings (SSSR count). The number of aliphatic imine (C=N–C) groups is 1. The lowest BCUT2D eigenvalue weighted by molar-refractivity contribution is 0.909. The van der Waals surface area contributed by atoms with Crippen LogP contribution in [0.1, 0.15) is 0 Å². The molecule has 0 N–H and O–H groups in total. The zero-order valence-electron chi connectivity index (χ0n) is 6.87. The van der Waals surface area contributed by atoms with Crippen LogP contribution in [-0.2, 0) is 0 Å². The van der Waals surface area contributed by atoms with E-state index in [-0.39, 0.29) is 12.4 Å². The zero-order chi connectivity index (χ0) is 8.23. The van der Waals surface area contributed by atoms with E-state index in [0.717, 1.165) is 0 Å². The van der Waals surface area contributed by atoms with E-state index in [4.69, 9.17) is 0 Å². The lowest BCUT2D eigenvalue weighted by atomic mass is 10.5. The quantitative estimate of drug-likeness (QED) is 0.679. The molecule has 0 atom stereocenters. The van der Waals surface area contributed by atoms with Crippen LogP contribution in [0.25, 0.3) is 0 Å². The van der Waals surface area contributed by atoms with Crippen LogP contribution in [0.2, 0.25) is 0 Å². The lowest BCUT2D eigenvalue weighted by Crippen LogP contribution is -2.20. The molecule has 1 aromatic rings. The third-order valence-corrected chi connectivity index (χ3v) is 1.50. The first-order valence-corrected chi connectivity index (χ1v) is 3.67. The van der Waals surface area contributed by atoms with Crippen molar-refractivity contribution in [3.8, 4) is 0 Å². The highest BCUT2D eigenvalue weighted by Crippen LogP contribution is 2.06. The molecule has 13 heavy (non-hydrogen) atoms. The number of allylic oxidation sites excluding steroid dienone is 1. The molecule has 1 aromatic heterocycles. The van der Waals surface area contributed by atoms with E-state index in [1.807, 2.05) is 17.2 Å². The van der Waals surface area contributed by atoms with Gasteiger partial charge in [-0.15, -0.1) is 12.4 Å². The Morgan fingerprint density at radius 1 is 1.23 bits per heavy atom. The third kappa shape index (κ3) is 2.26. The Hall–Kier alpha value is -1.42. The molecule has 0 bridgehead atoms. The standard InChI is InChI=1S/C8H8N4.ClH/c1-4-10-8(11-5-1)12-6-2-3-9-7-12;/h1-6H,7H2;1H. The molecule has 4 nitrogen and oxygen atoms in total. The first-order chi connectivity index (χ1) is 5.97. The zero-order valence-corrected chi connectivity index (χ0v) is 7.68. The monoisotopic (exact) mass is 196 g/mol. The fourth-order valence-corrected chi connectivity index (χ4v) is 0.955. The fraction of sp³-hybridized carbons (Fsp3) is 0.125. The maximum atomic E-state index is 4.09. The van der Waals surface area contributed by atoms with E-state index < -0.39 is 0 Å². The van der Waals surface area contributed by atoms with E-state index in [9.17, 15) is 0 Å². The lowest BCUT2D eigenvalue weighted by Gasteiger charge is -2.16. The summed E-state index contributed by atoms with van der Waals surface area (Å²) in [6.45, 7) is 0.598. The van der Waals surface area contributed by atoms with Gasteiger partial charge in [-0.25, -0.2) is 9.97 Å². The topological polar surface area (TPSA) is 41.4 Å². The largest absolute Gasteiger partial charge is 0.297 e. The van der Waals surface area contributed by atoms with Crippen molar-refractivity contribution in [3.05, 3.63) is 30.7 Å². The summed E-state index contributed by atoms with van der Waals surface area (Å²) in [5.74, 6) is 0.686. The van der Waals surface area contributed by atoms with Crippen molar-refractivity contribution in [1.82, 2.24) is 9.97 Å². The molecule has 0 aromatic carbocycles. The molecule has 0 fully saturated rings. The van der Waals surface area contributed by atoms with Crippen LogP contribution < -0.4 is 4.90 Å². The highest BCUT2D eigenvalue weighted by molar-refractivity contribution is 5.85. The van der Waals surface area contributed by atoms with Gasteiger partial charge in [0.05, 0.1) is 0 Å². The molecule has 0 unspecified atom stereocenters. The molecular formula is C8H9ClN4. The van der Waals surface area contributed by atoms with Crippen molar-refractivity contribution in [2.75, 3.05) is 11.6 Å². The molecule has 1 aliphatic heterocycles. The number of hydrogen-bond acceptors (Lipinski definition) is 4. The molecule has 0 radical (unpaired) electrons. The van der Waals surface area contributed by atoms with Gasteiger partial charge < -0.3 is 0 Å². The van der Waals surface area contributed by atoms with Crippen LogP contribution in [-0.4, -0.2) is 22.9 Å². The Morgan fingerprint density at radius 2 is 2.00 bits per heavy atom. The summed E-state index contributed by atoms with van der Waals surface area (Å²) >= 11 is 0. The summed E-state index contributed by atoms with van der Waals surface area (Å²) < 4.78 is 0. The first kappa shape index (κ1) is 9.67. The predicted octanol–water partition coefficient (Wildman–Crippen LogP) is 1.26. The number of hydrogen-bond donors (Lipinski definition) is 0. The minimum Gasteiger partial charge on any atom is -0.297 e. The van der Waals surface area contributed by atoms with Crippen molar-refractivity contribution in [3.63, 3.8) is 0 Å². The van der Waals surface area contributed by atoms with Gasteiger partial charge in [0.2, 0.25) is 5.95 Å². The summed E-state index contributed by atoms with van der Waals surface area (Å²) in [5, 5.41) is 0. The Morgan fingerprint density at radius 3 is 2.62 bits per heavy atom. The third-order valence-electron chi connectivity index (χ3n) is 1.50. The molecule has 0 saturated heterocycles. The van der Waals surface area contributed by atoms with Crippen LogP contribution in [0.4, 0.5) is 5.95 Å². The summed E-state index contributed by atoms with van der Waals surface area (Å²) in [4.78, 5) is 14.1. The van der Waals surface area contributed by atoms with Gasteiger partial charge in [0.1, 0.15) is 6.67 Å². The van der Waals surface area contributed by atoms with Crippen molar-refractivity contribution >= 4 is 24.6 Å². The second-order valence-electron chi connectivity index (χ2n) is 2.33. The maximum Gasteiger partial charge on any atom is 0.230 e. The van der Waals surface area contributed by atoms with Gasteiger partial charge >= 0.3 is 0 Å². The normalized spacial score (nSPS) is 14.0. The molecule has 0 saturated carbocycles. The van der Waals surface area contributed by atoms with Gasteiger partial charge in [-0.2, -0.15) is 0 Å². The van der Waals surface area contributed by atoms with Crippen LogP contribution in [0.15, 0.2) is 35.7 Å². The van der Waals surface area contributed by atoms with E-state index in [2.05, 4.69) is 15.0 Å². The summed E-state index contributed by atoms with van der Waals surface area (Å²) in [5.41, 5.74) is 0. The highest BCUT2D eigenvalue weighted by atomic mass is 35.5. The van der Waals surface area contributed by atoms with Gasteiger partial charge in [-0.1, -0.05) is 0 Å². The smallest absolute Gasteiger partial charge is 0.230 e. The molecular weight excluding hydrogens is 188 g/mol. The molecule has 0 spiro atoms. The molecule has 68 valence electrons. The van der Waals surface area contributed by atoms with Gasteiger partial charge in [-0.3, -0.25) is 9.89 Å². The number of aromatic nitrogens is 2. The number of rotatable bonds is 1. The molecule has 2 heterocycles. The van der Waals surface area contributed by atoms with E-state index in [1.165, 1.54) is 0 Å². The van der Waals surface area contributed by atoms with E-state index in [1.54, 1.807) is 24.7 Å². The van der Waals surface area contributed by atoms with Crippen molar-refractivity contribution < 1.29 is 0 Å². The minimum atomic E-state index is 0. The van der Waals surface area contributed by atoms with Gasteiger partial charge in [-0.05, 0) is 12.1 Å². The molecule has 1 aliphatic rings. The molecule has 0 amide bonds. The first-order valence-electron chi connectivity index (χ1n) is 3.67. The Balaban J connectivity index is 0.000000845. The van der Waals surface area contributed by atoms with Gasteiger partial charge in [0, 0.05) is 24.8 Å². The van der Waals surface area contributed by atoms with Gasteiger partial charge in [0.15, 0.2) is 0 Å². The number of nitrogens with zero attached hydrogens (tertiary/aromatic N) is 4. The predicted molar refractivity (Wildman–Crippen MR) is 54.3 cm³/mol. The average molecular weight is 197 g/mol. The maximum absolute atomic E-state index is 4.09. The second kappa shape index (κ2) is 4.57. The highest BCUT2D eigenvalue weighted by Gasteiger charge is 2.04. The van der Waals surface area contributed by atoms with Crippen molar-refractivity contribution in [2.45, 2.75) is 0 Å². The minimum absolute atomic E-state index is 0. The van der Waals surface area contributed by atoms with E-state index in [0.29, 0.717) is 12.6 Å². The molecule has 0 aliphatic carbocycles. The van der Waals surface area contributed by atoms with Crippen LogP contribution in [0, 0.1) is 0 Å². The Bertz CT molecular complexity index is 309.